The summed E-state index contributed by atoms with van der Waals surface area (Å²) in [5.41, 5.74) is 2.80. The van der Waals surface area contributed by atoms with Crippen LogP contribution in [0.15, 0.2) is 0 Å². The molecule has 0 spiro atoms. The smallest absolute Gasteiger partial charge is 0.0233 e. The van der Waals surface area contributed by atoms with Gasteiger partial charge in [0.05, 0.1) is 0 Å². The Balaban J connectivity index is 3.50. The van der Waals surface area contributed by atoms with Gasteiger partial charge >= 0.3 is 0 Å². The second-order valence-corrected chi connectivity index (χ2v) is 2.57. The van der Waals surface area contributed by atoms with Gasteiger partial charge in [-0.3, -0.25) is 11.3 Å². The van der Waals surface area contributed by atoms with Crippen molar-refractivity contribution in [1.29, 1.82) is 0 Å². The van der Waals surface area contributed by atoms with E-state index in [0.29, 0.717) is 12.0 Å². The first-order chi connectivity index (χ1) is 4.26. The summed E-state index contributed by atoms with van der Waals surface area (Å²) in [6, 6.07) is 0.495. The monoisotopic (exact) mass is 130 g/mol. The van der Waals surface area contributed by atoms with E-state index in [4.69, 9.17) is 5.84 Å². The third-order valence-electron chi connectivity index (χ3n) is 1.98. The van der Waals surface area contributed by atoms with Crippen molar-refractivity contribution < 1.29 is 0 Å². The number of nitrogens with one attached hydrogen (secondary N) is 1. The van der Waals surface area contributed by atoms with E-state index in [1.54, 1.807) is 0 Å². The predicted molar refractivity (Wildman–Crippen MR) is 40.9 cm³/mol. The molecule has 0 radical (unpaired) electrons. The Kier molecular flexibility index (Phi) is 4.72. The summed E-state index contributed by atoms with van der Waals surface area (Å²) >= 11 is 0. The molecule has 0 aliphatic carbocycles. The quantitative estimate of drug-likeness (QED) is 0.444. The molecule has 0 amide bonds. The maximum Gasteiger partial charge on any atom is 0.0233 e. The van der Waals surface area contributed by atoms with Crippen molar-refractivity contribution in [2.45, 2.75) is 39.7 Å². The molecule has 0 aromatic carbocycles. The Morgan fingerprint density at radius 2 is 1.89 bits per heavy atom. The van der Waals surface area contributed by atoms with Crippen LogP contribution in [0, 0.1) is 5.92 Å². The van der Waals surface area contributed by atoms with Crippen molar-refractivity contribution in [3.05, 3.63) is 0 Å². The van der Waals surface area contributed by atoms with E-state index in [1.807, 2.05) is 0 Å². The molecule has 0 aromatic rings. The van der Waals surface area contributed by atoms with E-state index in [-0.39, 0.29) is 0 Å². The fraction of sp³-hybridized carbons (Fsp3) is 1.00. The summed E-state index contributed by atoms with van der Waals surface area (Å²) in [7, 11) is 0. The minimum atomic E-state index is 0.495. The van der Waals surface area contributed by atoms with Crippen molar-refractivity contribution in [2.75, 3.05) is 0 Å². The number of hydrogen-bond donors (Lipinski definition) is 2. The summed E-state index contributed by atoms with van der Waals surface area (Å²) in [5.74, 6) is 6.00. The first kappa shape index (κ1) is 8.92. The van der Waals surface area contributed by atoms with Crippen LogP contribution in [-0.4, -0.2) is 6.04 Å². The van der Waals surface area contributed by atoms with Crippen LogP contribution in [0.2, 0.25) is 0 Å². The molecule has 0 saturated carbocycles. The zero-order valence-corrected chi connectivity index (χ0v) is 6.65. The van der Waals surface area contributed by atoms with Gasteiger partial charge in [-0.25, -0.2) is 0 Å². The highest BCUT2D eigenvalue weighted by Gasteiger charge is 2.09. The molecule has 2 atom stereocenters. The number of hydrogen-bond acceptors (Lipinski definition) is 2. The van der Waals surface area contributed by atoms with E-state index in [9.17, 15) is 0 Å². The van der Waals surface area contributed by atoms with Gasteiger partial charge in [-0.1, -0.05) is 27.2 Å². The summed E-state index contributed by atoms with van der Waals surface area (Å²) in [6.07, 6.45) is 2.31. The highest BCUT2D eigenvalue weighted by atomic mass is 15.2. The third-order valence-corrected chi connectivity index (χ3v) is 1.98. The molecule has 2 nitrogen and oxygen atoms in total. The minimum absolute atomic E-state index is 0.495. The van der Waals surface area contributed by atoms with Crippen LogP contribution in [-0.2, 0) is 0 Å². The fourth-order valence-corrected chi connectivity index (χ4v) is 0.969. The molecule has 0 saturated heterocycles. The number of rotatable bonds is 4. The fourth-order valence-electron chi connectivity index (χ4n) is 0.969. The zero-order chi connectivity index (χ0) is 7.28. The highest BCUT2D eigenvalue weighted by Crippen LogP contribution is 2.08. The molecule has 0 heterocycles. The van der Waals surface area contributed by atoms with Gasteiger partial charge in [0.2, 0.25) is 0 Å². The summed E-state index contributed by atoms with van der Waals surface area (Å²) in [5, 5.41) is 0. The Morgan fingerprint density at radius 3 is 2.00 bits per heavy atom. The molecule has 0 fully saturated rings. The first-order valence-electron chi connectivity index (χ1n) is 3.72. The molecule has 0 aliphatic heterocycles. The van der Waals surface area contributed by atoms with Crippen molar-refractivity contribution in [1.82, 2.24) is 5.43 Å². The molecule has 3 N–H and O–H groups in total. The summed E-state index contributed by atoms with van der Waals surface area (Å²) in [4.78, 5) is 0. The third kappa shape index (κ3) is 2.82. The van der Waals surface area contributed by atoms with Crippen LogP contribution in [0.3, 0.4) is 0 Å². The van der Waals surface area contributed by atoms with E-state index in [0.717, 1.165) is 6.42 Å². The van der Waals surface area contributed by atoms with Gasteiger partial charge in [0.1, 0.15) is 0 Å². The van der Waals surface area contributed by atoms with Gasteiger partial charge in [0.15, 0.2) is 0 Å². The number of nitrogens with two attached hydrogens (primary N) is 1. The van der Waals surface area contributed by atoms with Crippen molar-refractivity contribution in [3.63, 3.8) is 0 Å². The maximum atomic E-state index is 5.31. The Hall–Kier alpha value is -0.0800. The van der Waals surface area contributed by atoms with Crippen molar-refractivity contribution >= 4 is 0 Å². The zero-order valence-electron chi connectivity index (χ0n) is 6.65. The molecule has 0 rings (SSSR count). The van der Waals surface area contributed by atoms with Crippen LogP contribution in [0.1, 0.15) is 33.6 Å². The van der Waals surface area contributed by atoms with Gasteiger partial charge < -0.3 is 0 Å². The lowest BCUT2D eigenvalue weighted by Gasteiger charge is -2.19. The normalized spacial score (nSPS) is 17.3. The molecular formula is C7H18N2. The van der Waals surface area contributed by atoms with Gasteiger partial charge in [-0.15, -0.1) is 0 Å². The molecule has 0 bridgehead atoms. The molecule has 0 aliphatic rings. The van der Waals surface area contributed by atoms with Crippen LogP contribution >= 0.6 is 0 Å². The first-order valence-corrected chi connectivity index (χ1v) is 3.72. The Bertz CT molecular complexity index is 59.9. The van der Waals surface area contributed by atoms with Gasteiger partial charge in [-0.2, -0.15) is 0 Å². The topological polar surface area (TPSA) is 38.0 Å². The van der Waals surface area contributed by atoms with Crippen molar-refractivity contribution in [3.8, 4) is 0 Å². The molecule has 0 aromatic heterocycles. The summed E-state index contributed by atoms with van der Waals surface area (Å²) in [6.45, 7) is 6.55. The lowest BCUT2D eigenvalue weighted by molar-refractivity contribution is 0.363. The lowest BCUT2D eigenvalue weighted by Crippen LogP contribution is -2.39. The average molecular weight is 130 g/mol. The average Bonchev–Trinajstić information content (AvgIpc) is 1.90. The molecular weight excluding hydrogens is 112 g/mol. The van der Waals surface area contributed by atoms with Crippen LogP contribution in [0.25, 0.3) is 0 Å². The molecule has 56 valence electrons. The minimum Gasteiger partial charge on any atom is -0.271 e. The molecule has 2 unspecified atom stereocenters. The second-order valence-electron chi connectivity index (χ2n) is 2.57. The van der Waals surface area contributed by atoms with Gasteiger partial charge in [0, 0.05) is 6.04 Å². The lowest BCUT2D eigenvalue weighted by atomic mass is 9.98. The van der Waals surface area contributed by atoms with Gasteiger partial charge in [0.25, 0.3) is 0 Å². The van der Waals surface area contributed by atoms with Crippen molar-refractivity contribution in [2.24, 2.45) is 11.8 Å². The maximum absolute atomic E-state index is 5.31. The molecule has 2 heteroatoms. The highest BCUT2D eigenvalue weighted by molar-refractivity contribution is 4.66. The van der Waals surface area contributed by atoms with Crippen LogP contribution in [0.5, 0.6) is 0 Å². The van der Waals surface area contributed by atoms with Gasteiger partial charge in [-0.05, 0) is 12.3 Å². The van der Waals surface area contributed by atoms with E-state index in [2.05, 4.69) is 26.2 Å². The van der Waals surface area contributed by atoms with Crippen LogP contribution < -0.4 is 11.3 Å². The molecule has 9 heavy (non-hydrogen) atoms. The SMILES string of the molecule is CCC(C)C(CC)NN. The Morgan fingerprint density at radius 1 is 1.33 bits per heavy atom. The second kappa shape index (κ2) is 4.77. The van der Waals surface area contributed by atoms with E-state index in [1.165, 1.54) is 6.42 Å². The van der Waals surface area contributed by atoms with E-state index >= 15 is 0 Å². The van der Waals surface area contributed by atoms with E-state index < -0.39 is 0 Å². The number of hydrazine groups is 1. The largest absolute Gasteiger partial charge is 0.271 e. The predicted octanol–water partition coefficient (Wildman–Crippen LogP) is 1.27. The standard InChI is InChI=1S/C7H18N2/c1-4-6(3)7(5-2)9-8/h6-7,9H,4-5,8H2,1-3H3. The van der Waals surface area contributed by atoms with Crippen LogP contribution in [0.4, 0.5) is 0 Å². The summed E-state index contributed by atoms with van der Waals surface area (Å²) < 4.78 is 0. The Labute approximate surface area is 57.8 Å².